The van der Waals surface area contributed by atoms with Crippen LogP contribution in [-0.4, -0.2) is 12.8 Å². The van der Waals surface area contributed by atoms with Crippen LogP contribution in [0.15, 0.2) is 42.2 Å². The van der Waals surface area contributed by atoms with E-state index in [2.05, 4.69) is 49.4 Å². The lowest BCUT2D eigenvalue weighted by Gasteiger charge is -2.11. The van der Waals surface area contributed by atoms with Gasteiger partial charge in [-0.1, -0.05) is 34.3 Å². The SMILES string of the molecule is C=CN=C(/C=C\N(C)c1ccc(C)s1)C(C)C.CC. The number of hydrogen-bond donors (Lipinski definition) is 0. The normalized spacial score (nSPS) is 11.4. The highest BCUT2D eigenvalue weighted by Gasteiger charge is 2.02. The summed E-state index contributed by atoms with van der Waals surface area (Å²) in [7, 11) is 2.05. The average Bonchev–Trinajstić information content (AvgIpc) is 2.83. The molecule has 1 rings (SSSR count). The van der Waals surface area contributed by atoms with Crippen molar-refractivity contribution in [2.45, 2.75) is 34.6 Å². The average molecular weight is 278 g/mol. The molecule has 3 heteroatoms. The van der Waals surface area contributed by atoms with Crippen molar-refractivity contribution < 1.29 is 0 Å². The van der Waals surface area contributed by atoms with E-state index < -0.39 is 0 Å². The molecule has 106 valence electrons. The zero-order valence-corrected chi connectivity index (χ0v) is 13.8. The fourth-order valence-electron chi connectivity index (χ4n) is 1.36. The first kappa shape index (κ1) is 17.6. The van der Waals surface area contributed by atoms with E-state index in [9.17, 15) is 0 Å². The number of aryl methyl sites for hydroxylation is 1. The standard InChI is InChI=1S/C14H20N2S.C2H6/c1-6-15-13(11(2)3)9-10-16(5)14-8-7-12(4)17-14;1-2/h6-11H,1H2,2-5H3;1-2H3/b10-9-,15-13?;. The highest BCUT2D eigenvalue weighted by Crippen LogP contribution is 2.24. The lowest BCUT2D eigenvalue weighted by molar-refractivity contribution is 0.888. The topological polar surface area (TPSA) is 15.6 Å². The largest absolute Gasteiger partial charge is 0.343 e. The van der Waals surface area contributed by atoms with Crippen molar-refractivity contribution in [3.8, 4) is 0 Å². The summed E-state index contributed by atoms with van der Waals surface area (Å²) < 4.78 is 0. The molecule has 0 aliphatic carbocycles. The molecule has 19 heavy (non-hydrogen) atoms. The van der Waals surface area contributed by atoms with E-state index in [1.54, 1.807) is 17.5 Å². The minimum Gasteiger partial charge on any atom is -0.343 e. The predicted octanol–water partition coefficient (Wildman–Crippen LogP) is 5.27. The Morgan fingerprint density at radius 3 is 2.42 bits per heavy atom. The third-order valence-corrected chi connectivity index (χ3v) is 3.47. The van der Waals surface area contributed by atoms with Gasteiger partial charge in [0.1, 0.15) is 0 Å². The zero-order valence-electron chi connectivity index (χ0n) is 13.0. The Bertz CT molecular complexity index is 428. The monoisotopic (exact) mass is 278 g/mol. The summed E-state index contributed by atoms with van der Waals surface area (Å²) in [5.74, 6) is 0.405. The van der Waals surface area contributed by atoms with Gasteiger partial charge in [-0.3, -0.25) is 4.99 Å². The number of anilines is 1. The van der Waals surface area contributed by atoms with Gasteiger partial charge in [0.05, 0.1) is 5.00 Å². The minimum absolute atomic E-state index is 0.405. The fourth-order valence-corrected chi connectivity index (χ4v) is 2.17. The van der Waals surface area contributed by atoms with Crippen LogP contribution in [0.3, 0.4) is 0 Å². The van der Waals surface area contributed by atoms with Crippen LogP contribution in [0.1, 0.15) is 32.6 Å². The van der Waals surface area contributed by atoms with Gasteiger partial charge >= 0.3 is 0 Å². The van der Waals surface area contributed by atoms with Crippen molar-refractivity contribution in [1.29, 1.82) is 0 Å². The maximum atomic E-state index is 4.26. The summed E-state index contributed by atoms with van der Waals surface area (Å²) in [5.41, 5.74) is 1.04. The number of allylic oxidation sites excluding steroid dienone is 1. The molecule has 0 fully saturated rings. The number of aliphatic imine (C=N–C) groups is 1. The molecular formula is C16H26N2S. The second-order valence-corrected chi connectivity index (χ2v) is 5.47. The molecule has 1 aromatic heterocycles. The summed E-state index contributed by atoms with van der Waals surface area (Å²) in [6.45, 7) is 14.0. The van der Waals surface area contributed by atoms with Crippen LogP contribution in [0, 0.1) is 12.8 Å². The summed E-state index contributed by atoms with van der Waals surface area (Å²) in [6.07, 6.45) is 5.68. The molecule has 0 aliphatic rings. The van der Waals surface area contributed by atoms with Gasteiger partial charge in [-0.2, -0.15) is 0 Å². The summed E-state index contributed by atoms with van der Waals surface area (Å²) in [5, 5.41) is 1.24. The van der Waals surface area contributed by atoms with Gasteiger partial charge in [-0.25, -0.2) is 0 Å². The molecule has 2 nitrogen and oxygen atoms in total. The maximum absolute atomic E-state index is 4.26. The molecule has 0 aromatic carbocycles. The number of nitrogens with zero attached hydrogens (tertiary/aromatic N) is 2. The molecule has 0 saturated carbocycles. The molecule has 1 heterocycles. The van der Waals surface area contributed by atoms with Crippen molar-refractivity contribution in [2.75, 3.05) is 11.9 Å². The Hall–Kier alpha value is -1.35. The highest BCUT2D eigenvalue weighted by molar-refractivity contribution is 7.16. The Balaban J connectivity index is 0.00000154. The van der Waals surface area contributed by atoms with Gasteiger partial charge in [0, 0.05) is 30.0 Å². The van der Waals surface area contributed by atoms with Crippen LogP contribution in [0.4, 0.5) is 5.00 Å². The molecule has 0 unspecified atom stereocenters. The van der Waals surface area contributed by atoms with Gasteiger partial charge in [-0.15, -0.1) is 11.3 Å². The molecule has 0 radical (unpaired) electrons. The number of hydrogen-bond acceptors (Lipinski definition) is 3. The molecule has 0 bridgehead atoms. The van der Waals surface area contributed by atoms with Crippen molar-refractivity contribution in [3.05, 3.63) is 42.1 Å². The Kier molecular flexibility index (Phi) is 8.88. The Labute approximate surface area is 122 Å². The number of rotatable bonds is 5. The Morgan fingerprint density at radius 1 is 1.37 bits per heavy atom. The van der Waals surface area contributed by atoms with E-state index in [0.29, 0.717) is 5.92 Å². The first-order valence-corrected chi connectivity index (χ1v) is 7.52. The van der Waals surface area contributed by atoms with Crippen LogP contribution >= 0.6 is 11.3 Å². The van der Waals surface area contributed by atoms with Crippen LogP contribution in [0.2, 0.25) is 0 Å². The molecule has 0 saturated heterocycles. The van der Waals surface area contributed by atoms with Crippen LogP contribution < -0.4 is 4.90 Å². The van der Waals surface area contributed by atoms with Crippen molar-refractivity contribution in [1.82, 2.24) is 0 Å². The molecular weight excluding hydrogens is 252 g/mol. The lowest BCUT2D eigenvalue weighted by Crippen LogP contribution is -2.09. The maximum Gasteiger partial charge on any atom is 0.0948 e. The van der Waals surface area contributed by atoms with Gasteiger partial charge in [0.25, 0.3) is 0 Å². The number of thiophene rings is 1. The van der Waals surface area contributed by atoms with Crippen molar-refractivity contribution in [2.24, 2.45) is 10.9 Å². The van der Waals surface area contributed by atoms with E-state index in [1.165, 1.54) is 9.88 Å². The molecule has 0 atom stereocenters. The second-order valence-electron chi connectivity index (χ2n) is 4.20. The van der Waals surface area contributed by atoms with Gasteiger partial charge in [-0.05, 0) is 31.1 Å². The predicted molar refractivity (Wildman–Crippen MR) is 90.4 cm³/mol. The summed E-state index contributed by atoms with van der Waals surface area (Å²) in [4.78, 5) is 7.70. The van der Waals surface area contributed by atoms with E-state index in [1.807, 2.05) is 33.2 Å². The smallest absolute Gasteiger partial charge is 0.0948 e. The molecule has 1 aromatic rings. The molecule has 0 N–H and O–H groups in total. The van der Waals surface area contributed by atoms with Gasteiger partial charge in [0.15, 0.2) is 0 Å². The molecule has 0 amide bonds. The first-order valence-electron chi connectivity index (χ1n) is 6.70. The van der Waals surface area contributed by atoms with Crippen molar-refractivity contribution in [3.63, 3.8) is 0 Å². The Morgan fingerprint density at radius 2 is 2.00 bits per heavy atom. The third kappa shape index (κ3) is 6.39. The summed E-state index contributed by atoms with van der Waals surface area (Å²) in [6, 6.07) is 4.26. The summed E-state index contributed by atoms with van der Waals surface area (Å²) >= 11 is 1.78. The van der Waals surface area contributed by atoms with Crippen LogP contribution in [-0.2, 0) is 0 Å². The van der Waals surface area contributed by atoms with E-state index >= 15 is 0 Å². The first-order chi connectivity index (χ1) is 9.04. The molecule has 0 aliphatic heterocycles. The third-order valence-electron chi connectivity index (χ3n) is 2.37. The minimum atomic E-state index is 0.405. The van der Waals surface area contributed by atoms with E-state index in [0.717, 1.165) is 5.71 Å². The van der Waals surface area contributed by atoms with Gasteiger partial charge in [0.2, 0.25) is 0 Å². The highest BCUT2D eigenvalue weighted by atomic mass is 32.1. The fraction of sp³-hybridized carbons (Fsp3) is 0.438. The zero-order chi connectivity index (χ0) is 14.8. The second kappa shape index (κ2) is 9.56. The van der Waals surface area contributed by atoms with E-state index in [4.69, 9.17) is 0 Å². The van der Waals surface area contributed by atoms with Crippen LogP contribution in [0.25, 0.3) is 0 Å². The quantitative estimate of drug-likeness (QED) is 0.670. The molecule has 0 spiro atoms. The van der Waals surface area contributed by atoms with Gasteiger partial charge < -0.3 is 4.90 Å². The van der Waals surface area contributed by atoms with Crippen molar-refractivity contribution >= 4 is 22.0 Å². The van der Waals surface area contributed by atoms with Crippen LogP contribution in [0.5, 0.6) is 0 Å². The lowest BCUT2D eigenvalue weighted by atomic mass is 10.1. The van der Waals surface area contributed by atoms with E-state index in [-0.39, 0.29) is 0 Å².